The number of benzene rings is 2. The summed E-state index contributed by atoms with van der Waals surface area (Å²) in [5.74, 6) is 0.745. The number of hydrogen-bond donors (Lipinski definition) is 0. The first-order valence-corrected chi connectivity index (χ1v) is 11.8. The Labute approximate surface area is 196 Å². The molecule has 2 aromatic carbocycles. The van der Waals surface area contributed by atoms with Gasteiger partial charge in [0.05, 0.1) is 23.7 Å². The maximum Gasteiger partial charge on any atom is 0.338 e. The number of esters is 1. The average Bonchev–Trinajstić information content (AvgIpc) is 2.82. The summed E-state index contributed by atoms with van der Waals surface area (Å²) in [5, 5.41) is 11.2. The molecule has 0 saturated carbocycles. The van der Waals surface area contributed by atoms with Gasteiger partial charge in [0.25, 0.3) is 5.69 Å². The SMILES string of the molecule is CCCCCCCCCCOc1ccc([N+](=O)[O-])cc1COc1ccc(C(=O)OCC)cc1. The van der Waals surface area contributed by atoms with Gasteiger partial charge in [0.15, 0.2) is 0 Å². The maximum absolute atomic E-state index is 11.8. The Morgan fingerprint density at radius 1 is 0.879 bits per heavy atom. The lowest BCUT2D eigenvalue weighted by Crippen LogP contribution is -2.05. The van der Waals surface area contributed by atoms with Gasteiger partial charge in [0, 0.05) is 17.7 Å². The molecule has 0 amide bonds. The van der Waals surface area contributed by atoms with Crippen LogP contribution in [0.15, 0.2) is 42.5 Å². The minimum atomic E-state index is -0.431. The third-order valence-electron chi connectivity index (χ3n) is 5.27. The van der Waals surface area contributed by atoms with E-state index >= 15 is 0 Å². The van der Waals surface area contributed by atoms with Crippen LogP contribution in [-0.2, 0) is 11.3 Å². The molecule has 0 aliphatic rings. The number of nitro benzene ring substituents is 1. The van der Waals surface area contributed by atoms with Crippen molar-refractivity contribution in [2.24, 2.45) is 0 Å². The van der Waals surface area contributed by atoms with Crippen LogP contribution in [-0.4, -0.2) is 24.1 Å². The van der Waals surface area contributed by atoms with Crippen LogP contribution in [0.25, 0.3) is 0 Å². The van der Waals surface area contributed by atoms with E-state index in [1.807, 2.05) is 0 Å². The Morgan fingerprint density at radius 3 is 2.18 bits per heavy atom. The molecule has 2 rings (SSSR count). The van der Waals surface area contributed by atoms with Crippen molar-refractivity contribution in [1.29, 1.82) is 0 Å². The molecule has 0 unspecified atom stereocenters. The third-order valence-corrected chi connectivity index (χ3v) is 5.27. The van der Waals surface area contributed by atoms with Gasteiger partial charge in [-0.05, 0) is 43.7 Å². The molecule has 33 heavy (non-hydrogen) atoms. The molecule has 0 atom stereocenters. The predicted molar refractivity (Wildman–Crippen MR) is 128 cm³/mol. The van der Waals surface area contributed by atoms with Crippen molar-refractivity contribution in [2.45, 2.75) is 71.8 Å². The van der Waals surface area contributed by atoms with Gasteiger partial charge < -0.3 is 14.2 Å². The van der Waals surface area contributed by atoms with Crippen LogP contribution in [0.1, 0.15) is 81.1 Å². The molecule has 0 aliphatic heterocycles. The smallest absolute Gasteiger partial charge is 0.338 e. The molecule has 7 nitrogen and oxygen atoms in total. The Balaban J connectivity index is 1.89. The second-order valence-corrected chi connectivity index (χ2v) is 7.91. The summed E-state index contributed by atoms with van der Waals surface area (Å²) >= 11 is 0. The van der Waals surface area contributed by atoms with E-state index in [0.717, 1.165) is 12.8 Å². The van der Waals surface area contributed by atoms with E-state index in [1.165, 1.54) is 50.7 Å². The van der Waals surface area contributed by atoms with E-state index in [9.17, 15) is 14.9 Å². The third kappa shape index (κ3) is 9.51. The van der Waals surface area contributed by atoms with E-state index in [-0.39, 0.29) is 18.3 Å². The highest BCUT2D eigenvalue weighted by atomic mass is 16.6. The first kappa shape index (κ1) is 26.2. The summed E-state index contributed by atoms with van der Waals surface area (Å²) in [6.07, 6.45) is 9.68. The molecule has 0 saturated heterocycles. The number of non-ortho nitro benzene ring substituents is 1. The zero-order valence-corrected chi connectivity index (χ0v) is 19.7. The minimum Gasteiger partial charge on any atom is -0.493 e. The van der Waals surface area contributed by atoms with E-state index in [4.69, 9.17) is 14.2 Å². The summed E-state index contributed by atoms with van der Waals surface area (Å²) in [6, 6.07) is 11.2. The van der Waals surface area contributed by atoms with Gasteiger partial charge in [0.2, 0.25) is 0 Å². The summed E-state index contributed by atoms with van der Waals surface area (Å²) in [7, 11) is 0. The second-order valence-electron chi connectivity index (χ2n) is 7.91. The molecule has 7 heteroatoms. The molecule has 0 heterocycles. The normalized spacial score (nSPS) is 10.6. The van der Waals surface area contributed by atoms with Crippen molar-refractivity contribution in [3.63, 3.8) is 0 Å². The topological polar surface area (TPSA) is 87.9 Å². The Morgan fingerprint density at radius 2 is 1.55 bits per heavy atom. The second kappa shape index (κ2) is 14.9. The highest BCUT2D eigenvalue weighted by Gasteiger charge is 2.13. The monoisotopic (exact) mass is 457 g/mol. The van der Waals surface area contributed by atoms with Crippen LogP contribution in [0.3, 0.4) is 0 Å². The number of carbonyl (C=O) groups excluding carboxylic acids is 1. The molecule has 180 valence electrons. The Kier molecular flexibility index (Phi) is 11.8. The number of hydrogen-bond acceptors (Lipinski definition) is 6. The Hall–Kier alpha value is -3.09. The highest BCUT2D eigenvalue weighted by Crippen LogP contribution is 2.26. The van der Waals surface area contributed by atoms with Crippen molar-refractivity contribution in [3.05, 3.63) is 63.7 Å². The fourth-order valence-electron chi connectivity index (χ4n) is 3.41. The summed E-state index contributed by atoms with van der Waals surface area (Å²) in [5.41, 5.74) is 1.04. The van der Waals surface area contributed by atoms with Crippen LogP contribution in [0.4, 0.5) is 5.69 Å². The minimum absolute atomic E-state index is 0.00862. The van der Waals surface area contributed by atoms with Gasteiger partial charge in [0.1, 0.15) is 18.1 Å². The van der Waals surface area contributed by atoms with Crippen LogP contribution < -0.4 is 9.47 Å². The fraction of sp³-hybridized carbons (Fsp3) is 0.500. The van der Waals surface area contributed by atoms with Crippen LogP contribution in [0.5, 0.6) is 11.5 Å². The van der Waals surface area contributed by atoms with Crippen LogP contribution in [0, 0.1) is 10.1 Å². The number of nitrogens with zero attached hydrogens (tertiary/aromatic N) is 1. The Bertz CT molecular complexity index is 866. The molecule has 0 fully saturated rings. The van der Waals surface area contributed by atoms with Crippen molar-refractivity contribution in [2.75, 3.05) is 13.2 Å². The first-order valence-electron chi connectivity index (χ1n) is 11.8. The van der Waals surface area contributed by atoms with E-state index in [0.29, 0.717) is 35.8 Å². The van der Waals surface area contributed by atoms with Crippen molar-refractivity contribution >= 4 is 11.7 Å². The number of ether oxygens (including phenoxy) is 3. The van der Waals surface area contributed by atoms with Crippen molar-refractivity contribution < 1.29 is 23.9 Å². The van der Waals surface area contributed by atoms with E-state index in [2.05, 4.69) is 6.92 Å². The van der Waals surface area contributed by atoms with Gasteiger partial charge in [-0.15, -0.1) is 0 Å². The van der Waals surface area contributed by atoms with Gasteiger partial charge in [-0.2, -0.15) is 0 Å². The standard InChI is InChI=1S/C26H35NO6/c1-3-5-6-7-8-9-10-11-18-32-25-17-14-23(27(29)30)19-22(25)20-33-24-15-12-21(13-16-24)26(28)31-4-2/h12-17,19H,3-11,18,20H2,1-2H3. The summed E-state index contributed by atoms with van der Waals surface area (Å²) in [6.45, 7) is 4.96. The average molecular weight is 458 g/mol. The van der Waals surface area contributed by atoms with Crippen molar-refractivity contribution in [1.82, 2.24) is 0 Å². The van der Waals surface area contributed by atoms with Gasteiger partial charge in [-0.3, -0.25) is 10.1 Å². The first-order chi connectivity index (χ1) is 16.0. The van der Waals surface area contributed by atoms with Gasteiger partial charge in [-0.25, -0.2) is 4.79 Å². The van der Waals surface area contributed by atoms with Crippen molar-refractivity contribution in [3.8, 4) is 11.5 Å². The van der Waals surface area contributed by atoms with Crippen LogP contribution in [0.2, 0.25) is 0 Å². The molecule has 0 spiro atoms. The van der Waals surface area contributed by atoms with Gasteiger partial charge >= 0.3 is 5.97 Å². The largest absolute Gasteiger partial charge is 0.493 e. The number of carbonyl (C=O) groups is 1. The summed E-state index contributed by atoms with van der Waals surface area (Å²) < 4.78 is 16.7. The number of unbranched alkanes of at least 4 members (excludes halogenated alkanes) is 7. The van der Waals surface area contributed by atoms with E-state index in [1.54, 1.807) is 37.3 Å². The predicted octanol–water partition coefficient (Wildman–Crippen LogP) is 6.87. The quantitative estimate of drug-likeness (QED) is 0.118. The molecule has 2 aromatic rings. The molecule has 0 N–H and O–H groups in total. The molecular weight excluding hydrogens is 422 g/mol. The molecule has 0 aliphatic carbocycles. The fourth-order valence-corrected chi connectivity index (χ4v) is 3.41. The zero-order chi connectivity index (χ0) is 23.9. The maximum atomic E-state index is 11.8. The van der Waals surface area contributed by atoms with Crippen LogP contribution >= 0.6 is 0 Å². The summed E-state index contributed by atoms with van der Waals surface area (Å²) in [4.78, 5) is 22.5. The number of rotatable bonds is 16. The lowest BCUT2D eigenvalue weighted by molar-refractivity contribution is -0.385. The zero-order valence-electron chi connectivity index (χ0n) is 19.7. The van der Waals surface area contributed by atoms with Gasteiger partial charge in [-0.1, -0.05) is 51.9 Å². The molecule has 0 aromatic heterocycles. The highest BCUT2D eigenvalue weighted by molar-refractivity contribution is 5.89. The molecule has 0 bridgehead atoms. The lowest BCUT2D eigenvalue weighted by Gasteiger charge is -2.13. The lowest BCUT2D eigenvalue weighted by atomic mass is 10.1. The molecule has 0 radical (unpaired) electrons. The molecular formula is C26H35NO6. The number of nitro groups is 1. The van der Waals surface area contributed by atoms with E-state index < -0.39 is 4.92 Å².